The molecule has 0 unspecified atom stereocenters. The molecule has 0 saturated carbocycles. The normalized spacial score (nSPS) is 18.6. The smallest absolute Gasteiger partial charge is 0.335 e. The van der Waals surface area contributed by atoms with Crippen molar-refractivity contribution in [1.82, 2.24) is 15.6 Å². The zero-order chi connectivity index (χ0) is 13.0. The fourth-order valence-corrected chi connectivity index (χ4v) is 1.92. The summed E-state index contributed by atoms with van der Waals surface area (Å²) in [5.74, 6) is -1.06. The summed E-state index contributed by atoms with van der Waals surface area (Å²) in [7, 11) is 0. The molecule has 2 rings (SSSR count). The number of hydrogen-bond donors (Lipinski definition) is 3. The molecule has 1 amide bonds. The van der Waals surface area contributed by atoms with E-state index in [2.05, 4.69) is 15.6 Å². The molecular weight excluding hydrogens is 234 g/mol. The lowest BCUT2D eigenvalue weighted by Crippen LogP contribution is -2.40. The van der Waals surface area contributed by atoms with Crippen molar-refractivity contribution in [3.05, 3.63) is 29.6 Å². The third-order valence-corrected chi connectivity index (χ3v) is 2.88. The van der Waals surface area contributed by atoms with Crippen LogP contribution in [0.4, 0.5) is 0 Å². The SMILES string of the molecule is O=C(O)c1ccnc(CNC(=O)[C@@H]2CCCN2)c1. The predicted octanol–water partition coefficient (Wildman–Crippen LogP) is 0.148. The summed E-state index contributed by atoms with van der Waals surface area (Å²) in [5.41, 5.74) is 0.717. The fourth-order valence-electron chi connectivity index (χ4n) is 1.92. The van der Waals surface area contributed by atoms with Crippen LogP contribution in [0, 0.1) is 0 Å². The van der Waals surface area contributed by atoms with E-state index in [1.165, 1.54) is 18.3 Å². The van der Waals surface area contributed by atoms with Crippen molar-refractivity contribution in [2.24, 2.45) is 0 Å². The highest BCUT2D eigenvalue weighted by molar-refractivity contribution is 5.87. The highest BCUT2D eigenvalue weighted by atomic mass is 16.4. The summed E-state index contributed by atoms with van der Waals surface area (Å²) in [5, 5.41) is 14.7. The Kier molecular flexibility index (Phi) is 3.88. The van der Waals surface area contributed by atoms with Gasteiger partial charge in [0.1, 0.15) is 0 Å². The van der Waals surface area contributed by atoms with E-state index in [9.17, 15) is 9.59 Å². The first-order valence-electron chi connectivity index (χ1n) is 5.86. The molecule has 0 aliphatic carbocycles. The molecule has 6 nitrogen and oxygen atoms in total. The summed E-state index contributed by atoms with van der Waals surface area (Å²) in [4.78, 5) is 26.5. The van der Waals surface area contributed by atoms with Gasteiger partial charge in [-0.05, 0) is 31.5 Å². The Labute approximate surface area is 104 Å². The number of nitrogens with zero attached hydrogens (tertiary/aromatic N) is 1. The van der Waals surface area contributed by atoms with Gasteiger partial charge in [-0.2, -0.15) is 0 Å². The van der Waals surface area contributed by atoms with E-state index >= 15 is 0 Å². The zero-order valence-corrected chi connectivity index (χ0v) is 9.85. The topological polar surface area (TPSA) is 91.3 Å². The van der Waals surface area contributed by atoms with Crippen LogP contribution in [0.1, 0.15) is 28.9 Å². The second-order valence-electron chi connectivity index (χ2n) is 4.21. The molecule has 0 bridgehead atoms. The second kappa shape index (κ2) is 5.59. The van der Waals surface area contributed by atoms with Crippen molar-refractivity contribution in [1.29, 1.82) is 0 Å². The van der Waals surface area contributed by atoms with Gasteiger partial charge in [0.25, 0.3) is 0 Å². The molecule has 1 aromatic heterocycles. The van der Waals surface area contributed by atoms with Crippen LogP contribution in [-0.4, -0.2) is 34.6 Å². The van der Waals surface area contributed by atoms with Crippen molar-refractivity contribution < 1.29 is 14.7 Å². The Morgan fingerprint density at radius 2 is 2.39 bits per heavy atom. The molecule has 1 atom stereocenters. The first kappa shape index (κ1) is 12.5. The van der Waals surface area contributed by atoms with Crippen LogP contribution in [0.15, 0.2) is 18.3 Å². The van der Waals surface area contributed by atoms with Crippen LogP contribution in [0.3, 0.4) is 0 Å². The number of carboxylic acids is 1. The van der Waals surface area contributed by atoms with Gasteiger partial charge in [-0.25, -0.2) is 4.79 Å². The first-order valence-corrected chi connectivity index (χ1v) is 5.86. The fraction of sp³-hybridized carbons (Fsp3) is 0.417. The lowest BCUT2D eigenvalue weighted by Gasteiger charge is -2.10. The largest absolute Gasteiger partial charge is 0.478 e. The second-order valence-corrected chi connectivity index (χ2v) is 4.21. The number of amides is 1. The van der Waals surface area contributed by atoms with Gasteiger partial charge in [0.05, 0.1) is 23.8 Å². The Morgan fingerprint density at radius 1 is 1.56 bits per heavy atom. The molecule has 0 radical (unpaired) electrons. The lowest BCUT2D eigenvalue weighted by molar-refractivity contribution is -0.122. The Hall–Kier alpha value is -1.95. The number of carbonyl (C=O) groups excluding carboxylic acids is 1. The van der Waals surface area contributed by atoms with Crippen LogP contribution < -0.4 is 10.6 Å². The van der Waals surface area contributed by atoms with Gasteiger partial charge in [0.2, 0.25) is 5.91 Å². The molecule has 0 spiro atoms. The van der Waals surface area contributed by atoms with E-state index in [1.807, 2.05) is 0 Å². The van der Waals surface area contributed by atoms with E-state index in [1.54, 1.807) is 0 Å². The Balaban J connectivity index is 1.91. The van der Waals surface area contributed by atoms with Gasteiger partial charge in [-0.15, -0.1) is 0 Å². The number of aromatic carboxylic acids is 1. The van der Waals surface area contributed by atoms with E-state index in [0.29, 0.717) is 5.69 Å². The third kappa shape index (κ3) is 3.04. The minimum atomic E-state index is -0.998. The summed E-state index contributed by atoms with van der Waals surface area (Å²) < 4.78 is 0. The summed E-state index contributed by atoms with van der Waals surface area (Å²) in [6, 6.07) is 2.75. The van der Waals surface area contributed by atoms with Gasteiger partial charge in [-0.1, -0.05) is 0 Å². The number of carbonyl (C=O) groups is 2. The molecule has 96 valence electrons. The number of hydrogen-bond acceptors (Lipinski definition) is 4. The molecule has 1 aromatic rings. The number of rotatable bonds is 4. The van der Waals surface area contributed by atoms with Crippen LogP contribution >= 0.6 is 0 Å². The van der Waals surface area contributed by atoms with E-state index < -0.39 is 5.97 Å². The molecule has 1 aliphatic heterocycles. The van der Waals surface area contributed by atoms with Crippen molar-refractivity contribution in [2.75, 3.05) is 6.54 Å². The average Bonchev–Trinajstić information content (AvgIpc) is 2.90. The molecule has 3 N–H and O–H groups in total. The van der Waals surface area contributed by atoms with Crippen LogP contribution in [0.5, 0.6) is 0 Å². The number of pyridine rings is 1. The monoisotopic (exact) mass is 249 g/mol. The van der Waals surface area contributed by atoms with E-state index in [0.717, 1.165) is 19.4 Å². The van der Waals surface area contributed by atoms with Crippen LogP contribution in [0.2, 0.25) is 0 Å². The minimum Gasteiger partial charge on any atom is -0.478 e. The van der Waals surface area contributed by atoms with Crippen molar-refractivity contribution in [3.8, 4) is 0 Å². The van der Waals surface area contributed by atoms with Gasteiger partial charge in [0, 0.05) is 6.20 Å². The maximum absolute atomic E-state index is 11.7. The van der Waals surface area contributed by atoms with Gasteiger partial charge in [0.15, 0.2) is 0 Å². The number of nitrogens with one attached hydrogen (secondary N) is 2. The third-order valence-electron chi connectivity index (χ3n) is 2.88. The molecular formula is C12H15N3O3. The predicted molar refractivity (Wildman–Crippen MR) is 64.1 cm³/mol. The highest BCUT2D eigenvalue weighted by Crippen LogP contribution is 2.06. The Bertz CT molecular complexity index is 456. The van der Waals surface area contributed by atoms with Crippen molar-refractivity contribution in [2.45, 2.75) is 25.4 Å². The summed E-state index contributed by atoms with van der Waals surface area (Å²) in [6.07, 6.45) is 3.28. The quantitative estimate of drug-likeness (QED) is 0.706. The van der Waals surface area contributed by atoms with Gasteiger partial charge in [-0.3, -0.25) is 9.78 Å². The highest BCUT2D eigenvalue weighted by Gasteiger charge is 2.21. The van der Waals surface area contributed by atoms with Crippen LogP contribution in [-0.2, 0) is 11.3 Å². The lowest BCUT2D eigenvalue weighted by atomic mass is 10.2. The van der Waals surface area contributed by atoms with E-state index in [-0.39, 0.29) is 24.1 Å². The molecule has 2 heterocycles. The van der Waals surface area contributed by atoms with Crippen molar-refractivity contribution >= 4 is 11.9 Å². The average molecular weight is 249 g/mol. The summed E-state index contributed by atoms with van der Waals surface area (Å²) >= 11 is 0. The van der Waals surface area contributed by atoms with E-state index in [4.69, 9.17) is 5.11 Å². The number of aromatic nitrogens is 1. The standard InChI is InChI=1S/C12H15N3O3/c16-11(10-2-1-4-14-10)15-7-9-6-8(12(17)18)3-5-13-9/h3,5-6,10,14H,1-2,4,7H2,(H,15,16)(H,17,18)/t10-/m0/s1. The molecule has 18 heavy (non-hydrogen) atoms. The zero-order valence-electron chi connectivity index (χ0n) is 9.85. The molecule has 6 heteroatoms. The summed E-state index contributed by atoms with van der Waals surface area (Å²) in [6.45, 7) is 1.11. The van der Waals surface area contributed by atoms with Crippen LogP contribution in [0.25, 0.3) is 0 Å². The molecule has 1 aliphatic rings. The maximum atomic E-state index is 11.7. The molecule has 0 aromatic carbocycles. The molecule has 1 saturated heterocycles. The minimum absolute atomic E-state index is 0.0602. The maximum Gasteiger partial charge on any atom is 0.335 e. The van der Waals surface area contributed by atoms with Gasteiger partial charge < -0.3 is 15.7 Å². The van der Waals surface area contributed by atoms with Gasteiger partial charge >= 0.3 is 5.97 Å². The number of carboxylic acid groups (broad SMARTS) is 1. The van der Waals surface area contributed by atoms with Crippen molar-refractivity contribution in [3.63, 3.8) is 0 Å². The Morgan fingerprint density at radius 3 is 3.06 bits per heavy atom. The first-order chi connectivity index (χ1) is 8.66. The molecule has 1 fully saturated rings.